The fourth-order valence-corrected chi connectivity index (χ4v) is 2.87. The van der Waals surface area contributed by atoms with Crippen molar-refractivity contribution in [2.24, 2.45) is 11.7 Å². The summed E-state index contributed by atoms with van der Waals surface area (Å²) in [6.45, 7) is 2.36. The zero-order chi connectivity index (χ0) is 16.2. The molecule has 0 aliphatic carbocycles. The van der Waals surface area contributed by atoms with E-state index in [1.54, 1.807) is 12.1 Å². The highest BCUT2D eigenvalue weighted by Gasteiger charge is 2.18. The molecular weight excluding hydrogens is 313 g/mol. The van der Waals surface area contributed by atoms with Crippen LogP contribution in [0, 0.1) is 11.7 Å². The third-order valence-electron chi connectivity index (χ3n) is 3.92. The third-order valence-corrected chi connectivity index (χ3v) is 4.17. The Morgan fingerprint density at radius 1 is 1.13 bits per heavy atom. The lowest BCUT2D eigenvalue weighted by atomic mass is 10.1. The topological polar surface area (TPSA) is 41.3 Å². The Bertz CT molecular complexity index is 682. The van der Waals surface area contributed by atoms with Gasteiger partial charge < -0.3 is 16.0 Å². The largest absolute Gasteiger partial charge is 0.386 e. The van der Waals surface area contributed by atoms with Gasteiger partial charge in [-0.05, 0) is 48.0 Å². The van der Waals surface area contributed by atoms with Crippen molar-refractivity contribution < 1.29 is 4.39 Å². The summed E-state index contributed by atoms with van der Waals surface area (Å²) in [6.07, 6.45) is 2.04. The summed E-state index contributed by atoms with van der Waals surface area (Å²) >= 11 is 5.95. The molecule has 2 aromatic carbocycles. The van der Waals surface area contributed by atoms with Crippen LogP contribution >= 0.6 is 11.6 Å². The Balaban J connectivity index is 1.80. The smallest absolute Gasteiger partial charge is 0.123 e. The molecule has 23 heavy (non-hydrogen) atoms. The molecule has 5 heteroatoms. The highest BCUT2D eigenvalue weighted by Crippen LogP contribution is 2.22. The molecule has 0 spiro atoms. The molecule has 0 radical (unpaired) electrons. The maximum Gasteiger partial charge on any atom is 0.123 e. The van der Waals surface area contributed by atoms with Crippen molar-refractivity contribution in [3.63, 3.8) is 0 Å². The molecule has 3 rings (SSSR count). The van der Waals surface area contributed by atoms with Gasteiger partial charge in [-0.15, -0.1) is 0 Å². The fourth-order valence-electron chi connectivity index (χ4n) is 2.74. The number of anilines is 1. The van der Waals surface area contributed by atoms with Gasteiger partial charge in [0.2, 0.25) is 0 Å². The average molecular weight is 332 g/mol. The van der Waals surface area contributed by atoms with Gasteiger partial charge in [0.05, 0.1) is 5.82 Å². The average Bonchev–Trinajstić information content (AvgIpc) is 2.95. The summed E-state index contributed by atoms with van der Waals surface area (Å²) in [5, 5.41) is 3.86. The van der Waals surface area contributed by atoms with E-state index in [0.717, 1.165) is 41.7 Å². The number of rotatable bonds is 5. The van der Waals surface area contributed by atoms with Gasteiger partial charge in [0.15, 0.2) is 0 Å². The van der Waals surface area contributed by atoms with Gasteiger partial charge >= 0.3 is 0 Å². The summed E-state index contributed by atoms with van der Waals surface area (Å²) < 4.78 is 13.2. The van der Waals surface area contributed by atoms with Crippen LogP contribution in [-0.2, 0) is 6.54 Å². The lowest BCUT2D eigenvalue weighted by molar-refractivity contribution is 0.611. The van der Waals surface area contributed by atoms with Crippen LogP contribution in [0.2, 0.25) is 5.02 Å². The number of benzene rings is 2. The first-order valence-corrected chi connectivity index (χ1v) is 7.94. The van der Waals surface area contributed by atoms with Crippen molar-refractivity contribution in [3.8, 4) is 0 Å². The van der Waals surface area contributed by atoms with E-state index in [4.69, 9.17) is 17.3 Å². The number of halogens is 2. The minimum Gasteiger partial charge on any atom is -0.386 e. The zero-order valence-corrected chi connectivity index (χ0v) is 13.4. The quantitative estimate of drug-likeness (QED) is 0.881. The van der Waals surface area contributed by atoms with Crippen LogP contribution in [-0.4, -0.2) is 13.1 Å². The number of hydrogen-bond acceptors (Lipinski definition) is 3. The second-order valence-corrected chi connectivity index (χ2v) is 6.18. The highest BCUT2D eigenvalue weighted by molar-refractivity contribution is 6.30. The van der Waals surface area contributed by atoms with Gasteiger partial charge in [-0.25, -0.2) is 4.39 Å². The lowest BCUT2D eigenvalue weighted by Gasteiger charge is -2.27. The van der Waals surface area contributed by atoms with Crippen molar-refractivity contribution in [2.75, 3.05) is 18.0 Å². The van der Waals surface area contributed by atoms with Crippen molar-refractivity contribution in [1.29, 1.82) is 0 Å². The molecule has 0 saturated heterocycles. The van der Waals surface area contributed by atoms with E-state index in [1.807, 2.05) is 30.3 Å². The van der Waals surface area contributed by atoms with Crippen molar-refractivity contribution >= 4 is 17.3 Å². The molecule has 0 bridgehead atoms. The normalized spacial score (nSPS) is 16.8. The molecule has 1 aliphatic heterocycles. The molecule has 0 aromatic heterocycles. The minimum absolute atomic E-state index is 0.230. The maximum atomic E-state index is 13.2. The van der Waals surface area contributed by atoms with Crippen LogP contribution in [0.5, 0.6) is 0 Å². The molecular formula is C18H19ClFN3. The maximum absolute atomic E-state index is 13.2. The van der Waals surface area contributed by atoms with E-state index < -0.39 is 0 Å². The van der Waals surface area contributed by atoms with Gasteiger partial charge in [-0.2, -0.15) is 0 Å². The van der Waals surface area contributed by atoms with E-state index in [2.05, 4.69) is 10.2 Å². The van der Waals surface area contributed by atoms with Gasteiger partial charge in [0.25, 0.3) is 0 Å². The van der Waals surface area contributed by atoms with E-state index in [9.17, 15) is 4.39 Å². The highest BCUT2D eigenvalue weighted by atomic mass is 35.5. The summed E-state index contributed by atoms with van der Waals surface area (Å²) in [5.74, 6) is 0.819. The molecule has 0 unspecified atom stereocenters. The lowest BCUT2D eigenvalue weighted by Crippen LogP contribution is -2.30. The van der Waals surface area contributed by atoms with Crippen LogP contribution < -0.4 is 16.0 Å². The summed E-state index contributed by atoms with van der Waals surface area (Å²) in [4.78, 5) is 2.23. The number of nitrogens with two attached hydrogens (primary N) is 1. The molecule has 3 nitrogen and oxygen atoms in total. The molecule has 0 fully saturated rings. The minimum atomic E-state index is -0.230. The summed E-state index contributed by atoms with van der Waals surface area (Å²) in [7, 11) is 0. The SMILES string of the molecule is NC1=C[C@H](CN(Cc2ccc(Cl)cc2)c2ccc(F)cc2)CN1. The third kappa shape index (κ3) is 4.17. The Hall–Kier alpha value is -2.20. The standard InChI is InChI=1S/C18H19ClFN3/c19-15-3-1-13(2-4-15)11-23(12-14-9-18(21)22-10-14)17-7-5-16(20)6-8-17/h1-9,14,22H,10-12,21H2/t14-/m0/s1. The molecule has 120 valence electrons. The number of nitrogens with one attached hydrogen (secondary N) is 1. The number of nitrogens with zero attached hydrogens (tertiary/aromatic N) is 1. The van der Waals surface area contributed by atoms with E-state index >= 15 is 0 Å². The van der Waals surface area contributed by atoms with Crippen LogP contribution in [0.4, 0.5) is 10.1 Å². The Morgan fingerprint density at radius 3 is 2.43 bits per heavy atom. The van der Waals surface area contributed by atoms with Gasteiger partial charge in [-0.1, -0.05) is 23.7 Å². The predicted molar refractivity (Wildman–Crippen MR) is 92.7 cm³/mol. The summed E-state index contributed by atoms with van der Waals surface area (Å²) in [5.41, 5.74) is 7.94. The zero-order valence-electron chi connectivity index (χ0n) is 12.7. The van der Waals surface area contributed by atoms with Gasteiger partial charge in [-0.3, -0.25) is 0 Å². The first kappa shape index (κ1) is 15.7. The van der Waals surface area contributed by atoms with Crippen molar-refractivity contribution in [3.05, 3.63) is 76.8 Å². The molecule has 1 heterocycles. The molecule has 0 saturated carbocycles. The van der Waals surface area contributed by atoms with Crippen LogP contribution in [0.1, 0.15) is 5.56 Å². The molecule has 2 aromatic rings. The van der Waals surface area contributed by atoms with Gasteiger partial charge in [0.1, 0.15) is 5.82 Å². The van der Waals surface area contributed by atoms with Crippen molar-refractivity contribution in [1.82, 2.24) is 5.32 Å². The number of hydrogen-bond donors (Lipinski definition) is 2. The van der Waals surface area contributed by atoms with E-state index in [-0.39, 0.29) is 5.82 Å². The van der Waals surface area contributed by atoms with Crippen LogP contribution in [0.25, 0.3) is 0 Å². The van der Waals surface area contributed by atoms with Crippen LogP contribution in [0.15, 0.2) is 60.4 Å². The van der Waals surface area contributed by atoms with Gasteiger partial charge in [0, 0.05) is 36.3 Å². The Kier molecular flexibility index (Phi) is 4.72. The summed E-state index contributed by atoms with van der Waals surface area (Å²) in [6, 6.07) is 14.4. The molecule has 1 aliphatic rings. The second-order valence-electron chi connectivity index (χ2n) is 5.75. The molecule has 1 atom stereocenters. The Labute approximate surface area is 140 Å². The predicted octanol–water partition coefficient (Wildman–Crippen LogP) is 3.51. The van der Waals surface area contributed by atoms with Crippen molar-refractivity contribution in [2.45, 2.75) is 6.54 Å². The van der Waals surface area contributed by atoms with E-state index in [0.29, 0.717) is 5.92 Å². The monoisotopic (exact) mass is 331 g/mol. The first-order chi connectivity index (χ1) is 11.1. The molecule has 0 amide bonds. The van der Waals surface area contributed by atoms with Crippen LogP contribution in [0.3, 0.4) is 0 Å². The second kappa shape index (κ2) is 6.92. The fraction of sp³-hybridized carbons (Fsp3) is 0.222. The Morgan fingerprint density at radius 2 is 1.83 bits per heavy atom. The first-order valence-electron chi connectivity index (χ1n) is 7.56. The van der Waals surface area contributed by atoms with E-state index in [1.165, 1.54) is 12.1 Å². The molecule has 3 N–H and O–H groups in total.